The Morgan fingerprint density at radius 2 is 2.60 bits per heavy atom. The number of nitrogens with zero attached hydrogens (tertiary/aromatic N) is 3. The van der Waals surface area contributed by atoms with Crippen LogP contribution in [-0.2, 0) is 0 Å². The van der Waals surface area contributed by atoms with Gasteiger partial charge in [0.15, 0.2) is 4.98 Å². The van der Waals surface area contributed by atoms with E-state index in [9.17, 15) is 0 Å². The summed E-state index contributed by atoms with van der Waals surface area (Å²) in [5.74, 6) is -1.41. The first-order valence-electron chi connectivity index (χ1n) is 2.50. The minimum Gasteiger partial charge on any atom is -0.278 e. The molecule has 3 N–H and O–H groups in total. The Hall–Kier alpha value is -0.930. The van der Waals surface area contributed by atoms with Crippen molar-refractivity contribution in [2.24, 2.45) is 10.7 Å². The van der Waals surface area contributed by atoms with E-state index in [1.165, 1.54) is 6.21 Å². The van der Waals surface area contributed by atoms with E-state index in [-0.39, 0.29) is 0 Å². The molecule has 0 radical (unpaired) electrons. The van der Waals surface area contributed by atoms with Gasteiger partial charge in [-0.25, -0.2) is 5.73 Å². The molecule has 0 aromatic carbocycles. The highest BCUT2D eigenvalue weighted by Crippen LogP contribution is 2.09. The number of nitrogens with two attached hydrogens (primary N) is 1. The third-order valence-corrected chi connectivity index (χ3v) is 1.39. The van der Waals surface area contributed by atoms with Gasteiger partial charge in [-0.2, -0.15) is 4.99 Å². The zero-order valence-corrected chi connectivity index (χ0v) is 6.54. The van der Waals surface area contributed by atoms with Gasteiger partial charge in [-0.15, -0.1) is 0 Å². The lowest BCUT2D eigenvalue weighted by atomic mass is 10.5. The van der Waals surface area contributed by atoms with Crippen LogP contribution in [-0.4, -0.2) is 12.1 Å². The van der Waals surface area contributed by atoms with Crippen molar-refractivity contribution in [3.8, 4) is 0 Å². The average Bonchev–Trinajstić information content (AvgIpc) is 1.96. The molecule has 1 heterocycles. The van der Waals surface area contributed by atoms with E-state index in [1.807, 2.05) is 0 Å². The zero-order valence-electron chi connectivity index (χ0n) is 4.95. The van der Waals surface area contributed by atoms with Crippen molar-refractivity contribution in [2.75, 3.05) is 0 Å². The standard InChI is InChI=1S/C4H5BrN5/c5-3-1-8-4(6,10-7)9-2-3/h1-2,8H,6H2/q+1. The molecular formula is C4H5BrN5+. The normalized spacial score (nSPS) is 30.3. The molecule has 1 atom stereocenters. The van der Waals surface area contributed by atoms with E-state index in [1.54, 1.807) is 6.20 Å². The van der Waals surface area contributed by atoms with Gasteiger partial charge in [-0.3, -0.25) is 5.32 Å². The lowest BCUT2D eigenvalue weighted by Gasteiger charge is -2.07. The van der Waals surface area contributed by atoms with Crippen LogP contribution in [0.2, 0.25) is 0 Å². The maximum atomic E-state index is 8.32. The summed E-state index contributed by atoms with van der Waals surface area (Å²) in [6.07, 6.45) is 3.00. The smallest absolute Gasteiger partial charge is 0.278 e. The lowest BCUT2D eigenvalue weighted by molar-refractivity contribution is 0.482. The van der Waals surface area contributed by atoms with Crippen LogP contribution in [0.5, 0.6) is 0 Å². The summed E-state index contributed by atoms with van der Waals surface area (Å²) in [7, 11) is 0. The van der Waals surface area contributed by atoms with Crippen LogP contribution in [0.15, 0.2) is 15.7 Å². The minimum absolute atomic E-state index is 0.747. The van der Waals surface area contributed by atoms with Gasteiger partial charge >= 0.3 is 5.91 Å². The van der Waals surface area contributed by atoms with Gasteiger partial charge in [-0.05, 0) is 15.9 Å². The molecule has 1 aliphatic rings. The predicted octanol–water partition coefficient (Wildman–Crippen LogP) is 0.320. The van der Waals surface area contributed by atoms with E-state index < -0.39 is 5.91 Å². The molecule has 5 nitrogen and oxygen atoms in total. The number of allylic oxidation sites excluding steroid dienone is 1. The molecule has 0 bridgehead atoms. The molecule has 10 heavy (non-hydrogen) atoms. The summed E-state index contributed by atoms with van der Waals surface area (Å²) in [4.78, 5) is 6.49. The molecule has 0 aromatic heterocycles. The Morgan fingerprint density at radius 3 is 3.00 bits per heavy atom. The monoisotopic (exact) mass is 202 g/mol. The second-order valence-electron chi connectivity index (χ2n) is 1.76. The number of nitrogens with one attached hydrogen (secondary N) is 1. The molecule has 6 heteroatoms. The first kappa shape index (κ1) is 7.18. The highest BCUT2D eigenvalue weighted by atomic mass is 79.9. The van der Waals surface area contributed by atoms with Gasteiger partial charge in [-0.1, -0.05) is 0 Å². The quantitative estimate of drug-likeness (QED) is 0.556. The Kier molecular flexibility index (Phi) is 1.70. The predicted molar refractivity (Wildman–Crippen MR) is 40.6 cm³/mol. The third-order valence-electron chi connectivity index (χ3n) is 0.960. The number of halogens is 1. The topological polar surface area (TPSA) is 78.6 Å². The fourth-order valence-corrected chi connectivity index (χ4v) is 0.681. The van der Waals surface area contributed by atoms with E-state index in [0.29, 0.717) is 0 Å². The van der Waals surface area contributed by atoms with Gasteiger partial charge in [0.1, 0.15) is 0 Å². The second kappa shape index (κ2) is 2.36. The molecule has 0 spiro atoms. The first-order valence-corrected chi connectivity index (χ1v) is 3.29. The summed E-state index contributed by atoms with van der Waals surface area (Å²) >= 11 is 3.14. The maximum absolute atomic E-state index is 8.32. The van der Waals surface area contributed by atoms with Gasteiger partial charge in [0.25, 0.3) is 0 Å². The van der Waals surface area contributed by atoms with Crippen molar-refractivity contribution in [1.82, 2.24) is 5.32 Å². The van der Waals surface area contributed by atoms with Gasteiger partial charge in [0.2, 0.25) is 5.39 Å². The summed E-state index contributed by atoms with van der Waals surface area (Å²) in [5, 5.41) is 10.9. The average molecular weight is 203 g/mol. The molecular weight excluding hydrogens is 198 g/mol. The number of hydrogen-bond acceptors (Lipinski definition) is 4. The summed E-state index contributed by atoms with van der Waals surface area (Å²) in [6.45, 7) is 0. The number of rotatable bonds is 0. The van der Waals surface area contributed by atoms with E-state index in [4.69, 9.17) is 11.1 Å². The molecule has 0 fully saturated rings. The SMILES string of the molecule is N#[N+]C1(N)N=CC(Br)=CN1. The number of diazo groups is 1. The van der Waals surface area contributed by atoms with Gasteiger partial charge < -0.3 is 0 Å². The molecule has 0 aliphatic carbocycles. The highest BCUT2D eigenvalue weighted by molar-refractivity contribution is 9.12. The number of hydrogen-bond donors (Lipinski definition) is 2. The van der Waals surface area contributed by atoms with Crippen molar-refractivity contribution in [1.29, 1.82) is 5.39 Å². The van der Waals surface area contributed by atoms with Crippen molar-refractivity contribution in [2.45, 2.75) is 5.91 Å². The van der Waals surface area contributed by atoms with E-state index >= 15 is 0 Å². The Bertz CT molecular complexity index is 239. The molecule has 0 saturated carbocycles. The van der Waals surface area contributed by atoms with Crippen LogP contribution in [0.1, 0.15) is 0 Å². The van der Waals surface area contributed by atoms with Crippen molar-refractivity contribution in [3.63, 3.8) is 0 Å². The Balaban J connectivity index is 2.80. The molecule has 0 amide bonds. The highest BCUT2D eigenvalue weighted by Gasteiger charge is 2.38. The summed E-state index contributed by atoms with van der Waals surface area (Å²) in [5.41, 5.74) is 5.33. The maximum Gasteiger partial charge on any atom is 0.556 e. The second-order valence-corrected chi connectivity index (χ2v) is 2.67. The Labute approximate surface area is 65.8 Å². The summed E-state index contributed by atoms with van der Waals surface area (Å²) in [6, 6.07) is 0. The van der Waals surface area contributed by atoms with Gasteiger partial charge in [0.05, 0.1) is 4.48 Å². The number of aliphatic imine (C=N–C) groups is 1. The molecule has 1 aliphatic heterocycles. The van der Waals surface area contributed by atoms with Crippen molar-refractivity contribution in [3.05, 3.63) is 15.7 Å². The van der Waals surface area contributed by atoms with Crippen LogP contribution in [0.3, 0.4) is 0 Å². The van der Waals surface area contributed by atoms with E-state index in [2.05, 4.69) is 31.2 Å². The molecule has 52 valence electrons. The lowest BCUT2D eigenvalue weighted by Crippen LogP contribution is -2.47. The minimum atomic E-state index is -1.41. The summed E-state index contributed by atoms with van der Waals surface area (Å²) < 4.78 is 0.747. The van der Waals surface area contributed by atoms with Crippen LogP contribution < -0.4 is 11.1 Å². The molecule has 0 aromatic rings. The molecule has 1 rings (SSSR count). The largest absolute Gasteiger partial charge is 0.556 e. The molecule has 1 unspecified atom stereocenters. The zero-order chi connectivity index (χ0) is 7.61. The fourth-order valence-electron chi connectivity index (χ4n) is 0.464. The van der Waals surface area contributed by atoms with E-state index in [0.717, 1.165) is 4.48 Å². The van der Waals surface area contributed by atoms with Crippen molar-refractivity contribution >= 4 is 22.1 Å². The fraction of sp³-hybridized carbons (Fsp3) is 0.250. The van der Waals surface area contributed by atoms with Crippen LogP contribution in [0.4, 0.5) is 0 Å². The van der Waals surface area contributed by atoms with Crippen LogP contribution >= 0.6 is 15.9 Å². The van der Waals surface area contributed by atoms with Gasteiger partial charge in [0, 0.05) is 12.4 Å². The third kappa shape index (κ3) is 1.32. The van der Waals surface area contributed by atoms with Crippen LogP contribution in [0, 0.1) is 5.39 Å². The van der Waals surface area contributed by atoms with Crippen LogP contribution in [0.25, 0.3) is 4.98 Å². The Morgan fingerprint density at radius 1 is 1.90 bits per heavy atom. The molecule has 0 saturated heterocycles. The first-order chi connectivity index (χ1) is 4.66. The van der Waals surface area contributed by atoms with Crippen molar-refractivity contribution < 1.29 is 0 Å².